The number of sulfonamides is 1. The molecule has 0 aromatic heterocycles. The number of para-hydroxylation sites is 1. The van der Waals surface area contributed by atoms with Crippen molar-refractivity contribution in [3.05, 3.63) is 54.6 Å². The van der Waals surface area contributed by atoms with Crippen LogP contribution in [0.2, 0.25) is 0 Å². The van der Waals surface area contributed by atoms with Crippen LogP contribution in [0.1, 0.15) is 19.8 Å². The zero-order chi connectivity index (χ0) is 20.4. The molecule has 152 valence electrons. The van der Waals surface area contributed by atoms with Gasteiger partial charge in [-0.05, 0) is 49.7 Å². The number of amides is 1. The Balaban J connectivity index is 1.79. The van der Waals surface area contributed by atoms with Crippen molar-refractivity contribution in [1.82, 2.24) is 4.72 Å². The second-order valence-electron chi connectivity index (χ2n) is 6.32. The fourth-order valence-corrected chi connectivity index (χ4v) is 3.73. The maximum absolute atomic E-state index is 12.3. The average Bonchev–Trinajstić information content (AvgIpc) is 2.66. The molecule has 0 fully saturated rings. The molecule has 1 atom stereocenters. The zero-order valence-electron chi connectivity index (χ0n) is 16.1. The summed E-state index contributed by atoms with van der Waals surface area (Å²) in [6.45, 7) is 2.44. The molecule has 0 bridgehead atoms. The highest BCUT2D eigenvalue weighted by atomic mass is 32.2. The lowest BCUT2D eigenvalue weighted by Gasteiger charge is -2.13. The summed E-state index contributed by atoms with van der Waals surface area (Å²) in [5.74, 6) is 0.618. The van der Waals surface area contributed by atoms with Gasteiger partial charge >= 0.3 is 0 Å². The third-order valence-corrected chi connectivity index (χ3v) is 5.39. The van der Waals surface area contributed by atoms with E-state index in [1.54, 1.807) is 19.1 Å². The fraction of sp³-hybridized carbons (Fsp3) is 0.350. The smallest absolute Gasteiger partial charge is 0.240 e. The largest absolute Gasteiger partial charge is 0.494 e. The van der Waals surface area contributed by atoms with Crippen molar-refractivity contribution in [1.29, 1.82) is 0 Å². The number of hydrogen-bond donors (Lipinski definition) is 2. The number of rotatable bonds is 11. The first kappa shape index (κ1) is 21.9. The summed E-state index contributed by atoms with van der Waals surface area (Å²) in [6, 6.07) is 15.1. The number of carbonyl (C=O) groups is 1. The van der Waals surface area contributed by atoms with Crippen LogP contribution in [0, 0.1) is 0 Å². The third-order valence-electron chi connectivity index (χ3n) is 3.78. The van der Waals surface area contributed by atoms with Crippen molar-refractivity contribution in [2.75, 3.05) is 25.6 Å². The van der Waals surface area contributed by atoms with Gasteiger partial charge in [-0.3, -0.25) is 4.79 Å². The Labute approximate surface area is 166 Å². The molecule has 0 aliphatic carbocycles. The van der Waals surface area contributed by atoms with E-state index in [0.717, 1.165) is 5.75 Å². The maximum Gasteiger partial charge on any atom is 0.240 e. The topological polar surface area (TPSA) is 93.7 Å². The van der Waals surface area contributed by atoms with Crippen LogP contribution in [0.5, 0.6) is 5.75 Å². The minimum Gasteiger partial charge on any atom is -0.494 e. The average molecular weight is 407 g/mol. The van der Waals surface area contributed by atoms with Crippen molar-refractivity contribution in [2.24, 2.45) is 0 Å². The number of carbonyl (C=O) groups excluding carboxylic acids is 1. The van der Waals surface area contributed by atoms with E-state index in [0.29, 0.717) is 25.1 Å². The third kappa shape index (κ3) is 7.30. The van der Waals surface area contributed by atoms with Crippen LogP contribution in [0.4, 0.5) is 5.69 Å². The Morgan fingerprint density at radius 2 is 1.75 bits per heavy atom. The molecule has 1 unspecified atom stereocenters. The van der Waals surface area contributed by atoms with Gasteiger partial charge in [0.05, 0.1) is 18.1 Å². The second kappa shape index (κ2) is 10.8. The van der Waals surface area contributed by atoms with Crippen LogP contribution >= 0.6 is 0 Å². The standard InChI is InChI=1S/C20H26N2O5S/c1-16(15-26-2)22-28(24,25)19-12-10-17(11-13-19)21-20(23)9-6-14-27-18-7-4-3-5-8-18/h3-5,7-8,10-13,16,22H,6,9,14-15H2,1-2H3,(H,21,23). The quantitative estimate of drug-likeness (QED) is 0.560. The van der Waals surface area contributed by atoms with Gasteiger partial charge < -0.3 is 14.8 Å². The Morgan fingerprint density at radius 3 is 2.39 bits per heavy atom. The van der Waals surface area contributed by atoms with Crippen molar-refractivity contribution < 1.29 is 22.7 Å². The van der Waals surface area contributed by atoms with Crippen LogP contribution in [0.3, 0.4) is 0 Å². The lowest BCUT2D eigenvalue weighted by molar-refractivity contribution is -0.116. The maximum atomic E-state index is 12.3. The van der Waals surface area contributed by atoms with Gasteiger partial charge in [0.15, 0.2) is 0 Å². The van der Waals surface area contributed by atoms with Crippen molar-refractivity contribution in [2.45, 2.75) is 30.7 Å². The predicted octanol–water partition coefficient (Wildman–Crippen LogP) is 2.80. The summed E-state index contributed by atoms with van der Waals surface area (Å²) in [5.41, 5.74) is 0.540. The number of anilines is 1. The molecule has 0 heterocycles. The summed E-state index contributed by atoms with van der Waals surface area (Å²) in [6.07, 6.45) is 0.886. The molecule has 0 aliphatic rings. The number of methoxy groups -OCH3 is 1. The molecule has 7 nitrogen and oxygen atoms in total. The van der Waals surface area contributed by atoms with E-state index in [1.807, 2.05) is 30.3 Å². The molecule has 28 heavy (non-hydrogen) atoms. The highest BCUT2D eigenvalue weighted by Crippen LogP contribution is 2.15. The second-order valence-corrected chi connectivity index (χ2v) is 8.03. The number of ether oxygens (including phenoxy) is 2. The van der Waals surface area contributed by atoms with Gasteiger partial charge in [-0.2, -0.15) is 0 Å². The summed E-state index contributed by atoms with van der Waals surface area (Å²) < 4.78 is 37.6. The van der Waals surface area contributed by atoms with Gasteiger partial charge in [0.2, 0.25) is 15.9 Å². The molecule has 0 saturated heterocycles. The first-order valence-corrected chi connectivity index (χ1v) is 10.5. The fourth-order valence-electron chi connectivity index (χ4n) is 2.50. The Morgan fingerprint density at radius 1 is 1.07 bits per heavy atom. The van der Waals surface area contributed by atoms with E-state index >= 15 is 0 Å². The summed E-state index contributed by atoms with van der Waals surface area (Å²) in [7, 11) is -2.12. The summed E-state index contributed by atoms with van der Waals surface area (Å²) in [4.78, 5) is 12.1. The Kier molecular flexibility index (Phi) is 8.43. The Hall–Kier alpha value is -2.42. The van der Waals surface area contributed by atoms with Crippen LogP contribution in [0.15, 0.2) is 59.5 Å². The van der Waals surface area contributed by atoms with Crippen LogP contribution < -0.4 is 14.8 Å². The number of benzene rings is 2. The molecule has 0 spiro atoms. The molecule has 0 saturated carbocycles. The van der Waals surface area contributed by atoms with E-state index < -0.39 is 10.0 Å². The normalized spacial score (nSPS) is 12.4. The van der Waals surface area contributed by atoms with Crippen LogP contribution in [-0.2, 0) is 19.6 Å². The van der Waals surface area contributed by atoms with Gasteiger partial charge in [-0.15, -0.1) is 0 Å². The first-order chi connectivity index (χ1) is 13.4. The number of nitrogens with one attached hydrogen (secondary N) is 2. The molecule has 0 aliphatic heterocycles. The predicted molar refractivity (Wildman–Crippen MR) is 108 cm³/mol. The van der Waals surface area contributed by atoms with Gasteiger partial charge in [0.25, 0.3) is 0 Å². The monoisotopic (exact) mass is 406 g/mol. The minimum absolute atomic E-state index is 0.129. The van der Waals surface area contributed by atoms with E-state index in [9.17, 15) is 13.2 Å². The first-order valence-electron chi connectivity index (χ1n) is 9.00. The van der Waals surface area contributed by atoms with E-state index in [2.05, 4.69) is 10.0 Å². The Bertz CT molecular complexity index is 839. The van der Waals surface area contributed by atoms with E-state index in [-0.39, 0.29) is 23.5 Å². The molecule has 8 heteroatoms. The molecule has 2 rings (SSSR count). The van der Waals surface area contributed by atoms with Gasteiger partial charge in [-0.25, -0.2) is 13.1 Å². The molecule has 2 aromatic rings. The minimum atomic E-state index is -3.63. The van der Waals surface area contributed by atoms with Gasteiger partial charge in [0.1, 0.15) is 5.75 Å². The van der Waals surface area contributed by atoms with Gasteiger partial charge in [0, 0.05) is 25.3 Å². The number of hydrogen-bond acceptors (Lipinski definition) is 5. The van der Waals surface area contributed by atoms with Crippen LogP contribution in [0.25, 0.3) is 0 Å². The molecular formula is C20H26N2O5S. The molecule has 2 N–H and O–H groups in total. The SMILES string of the molecule is COCC(C)NS(=O)(=O)c1ccc(NC(=O)CCCOc2ccccc2)cc1. The lowest BCUT2D eigenvalue weighted by atomic mass is 10.2. The van der Waals surface area contributed by atoms with Crippen molar-refractivity contribution >= 4 is 21.6 Å². The lowest BCUT2D eigenvalue weighted by Crippen LogP contribution is -2.35. The van der Waals surface area contributed by atoms with E-state index in [4.69, 9.17) is 9.47 Å². The molecule has 1 amide bonds. The molecular weight excluding hydrogens is 380 g/mol. The van der Waals surface area contributed by atoms with Crippen molar-refractivity contribution in [3.63, 3.8) is 0 Å². The highest BCUT2D eigenvalue weighted by molar-refractivity contribution is 7.89. The summed E-state index contributed by atoms with van der Waals surface area (Å²) >= 11 is 0. The molecule has 2 aromatic carbocycles. The summed E-state index contributed by atoms with van der Waals surface area (Å²) in [5, 5.41) is 2.75. The highest BCUT2D eigenvalue weighted by Gasteiger charge is 2.17. The van der Waals surface area contributed by atoms with Crippen molar-refractivity contribution in [3.8, 4) is 5.75 Å². The molecule has 0 radical (unpaired) electrons. The van der Waals surface area contributed by atoms with Gasteiger partial charge in [-0.1, -0.05) is 18.2 Å². The zero-order valence-corrected chi connectivity index (χ0v) is 16.9. The van der Waals surface area contributed by atoms with E-state index in [1.165, 1.54) is 19.2 Å². The van der Waals surface area contributed by atoms with Crippen LogP contribution in [-0.4, -0.2) is 40.7 Å².